The maximum atomic E-state index is 12.6. The third kappa shape index (κ3) is 3.65. The van der Waals surface area contributed by atoms with Crippen LogP contribution in [0.1, 0.15) is 25.8 Å². The average molecular weight is 377 g/mol. The number of hydrogen-bond acceptors (Lipinski definition) is 4. The highest BCUT2D eigenvalue weighted by Crippen LogP contribution is 2.29. The zero-order valence-electron chi connectivity index (χ0n) is 12.4. The van der Waals surface area contributed by atoms with Crippen LogP contribution in [0.15, 0.2) is 27.6 Å². The van der Waals surface area contributed by atoms with E-state index in [1.165, 1.54) is 0 Å². The van der Waals surface area contributed by atoms with Gasteiger partial charge in [0.1, 0.15) is 0 Å². The Morgan fingerprint density at radius 3 is 2.71 bits per heavy atom. The molecule has 0 bridgehead atoms. The summed E-state index contributed by atoms with van der Waals surface area (Å²) in [6.45, 7) is 5.03. The van der Waals surface area contributed by atoms with Gasteiger partial charge in [-0.3, -0.25) is 0 Å². The number of ether oxygens (including phenoxy) is 1. The maximum absolute atomic E-state index is 12.6. The first-order chi connectivity index (χ1) is 9.78. The van der Waals surface area contributed by atoms with Crippen LogP contribution in [0.5, 0.6) is 0 Å². The summed E-state index contributed by atoms with van der Waals surface area (Å²) in [5.74, 6) is 0. The van der Waals surface area contributed by atoms with E-state index in [2.05, 4.69) is 26.0 Å². The van der Waals surface area contributed by atoms with Crippen LogP contribution in [-0.4, -0.2) is 33.7 Å². The second-order valence-electron chi connectivity index (χ2n) is 5.58. The van der Waals surface area contributed by atoms with Gasteiger partial charge in [0.2, 0.25) is 10.0 Å². The molecule has 0 saturated carbocycles. The quantitative estimate of drug-likeness (QED) is 0.824. The van der Waals surface area contributed by atoms with Crippen molar-refractivity contribution in [3.63, 3.8) is 0 Å². The van der Waals surface area contributed by atoms with Crippen molar-refractivity contribution in [1.29, 1.82) is 0 Å². The fourth-order valence-corrected chi connectivity index (χ4v) is 5.03. The highest BCUT2D eigenvalue weighted by atomic mass is 79.9. The summed E-state index contributed by atoms with van der Waals surface area (Å²) < 4.78 is 34.1. The van der Waals surface area contributed by atoms with Crippen molar-refractivity contribution < 1.29 is 13.2 Å². The molecule has 118 valence electrons. The molecule has 1 fully saturated rings. The Labute approximate surface area is 134 Å². The van der Waals surface area contributed by atoms with E-state index in [4.69, 9.17) is 4.74 Å². The molecule has 1 aliphatic rings. The number of hydrogen-bond donors (Lipinski definition) is 2. The Hall–Kier alpha value is -0.470. The van der Waals surface area contributed by atoms with Crippen molar-refractivity contribution in [2.75, 3.05) is 13.7 Å². The predicted molar refractivity (Wildman–Crippen MR) is 85.7 cm³/mol. The molecule has 0 amide bonds. The molecule has 1 aliphatic heterocycles. The van der Waals surface area contributed by atoms with Crippen molar-refractivity contribution in [1.82, 2.24) is 10.0 Å². The third-order valence-electron chi connectivity index (χ3n) is 3.92. The van der Waals surface area contributed by atoms with E-state index in [1.54, 1.807) is 6.07 Å². The van der Waals surface area contributed by atoms with E-state index < -0.39 is 15.6 Å². The molecule has 2 N–H and O–H groups in total. The van der Waals surface area contributed by atoms with Crippen molar-refractivity contribution in [2.24, 2.45) is 0 Å². The smallest absolute Gasteiger partial charge is 0.242 e. The van der Waals surface area contributed by atoms with Gasteiger partial charge in [-0.05, 0) is 60.9 Å². The van der Waals surface area contributed by atoms with E-state index in [0.717, 1.165) is 5.56 Å². The lowest BCUT2D eigenvalue weighted by atomic mass is 9.97. The topological polar surface area (TPSA) is 67.4 Å². The van der Waals surface area contributed by atoms with Gasteiger partial charge in [0.15, 0.2) is 0 Å². The van der Waals surface area contributed by atoms with Crippen LogP contribution < -0.4 is 10.0 Å². The van der Waals surface area contributed by atoms with Crippen LogP contribution >= 0.6 is 15.9 Å². The fraction of sp³-hybridized carbons (Fsp3) is 0.571. The molecule has 2 unspecified atom stereocenters. The Bertz CT molecular complexity index is 621. The molecule has 5 nitrogen and oxygen atoms in total. The largest absolute Gasteiger partial charge is 0.376 e. The van der Waals surface area contributed by atoms with Crippen LogP contribution in [0.4, 0.5) is 0 Å². The Morgan fingerprint density at radius 1 is 1.48 bits per heavy atom. The molecule has 1 heterocycles. The molecule has 0 spiro atoms. The normalized spacial score (nSPS) is 26.2. The minimum Gasteiger partial charge on any atom is -0.376 e. The van der Waals surface area contributed by atoms with E-state index in [-0.39, 0.29) is 11.0 Å². The molecule has 7 heteroatoms. The fourth-order valence-electron chi connectivity index (χ4n) is 2.41. The molecular weight excluding hydrogens is 356 g/mol. The highest BCUT2D eigenvalue weighted by molar-refractivity contribution is 9.10. The van der Waals surface area contributed by atoms with Gasteiger partial charge in [0, 0.05) is 17.6 Å². The first-order valence-corrected chi connectivity index (χ1v) is 9.15. The number of nitrogens with one attached hydrogen (secondary N) is 2. The van der Waals surface area contributed by atoms with Gasteiger partial charge < -0.3 is 10.1 Å². The van der Waals surface area contributed by atoms with Gasteiger partial charge in [0.25, 0.3) is 0 Å². The Kier molecular flexibility index (Phi) is 5.10. The Balaban J connectivity index is 2.27. The first-order valence-electron chi connectivity index (χ1n) is 6.87. The number of halogens is 1. The second kappa shape index (κ2) is 6.34. The van der Waals surface area contributed by atoms with Crippen LogP contribution in [0.3, 0.4) is 0 Å². The molecule has 21 heavy (non-hydrogen) atoms. The summed E-state index contributed by atoms with van der Waals surface area (Å²) >= 11 is 3.36. The summed E-state index contributed by atoms with van der Waals surface area (Å²) in [6, 6.07) is 5.26. The molecule has 0 aliphatic carbocycles. The summed E-state index contributed by atoms with van der Waals surface area (Å²) in [4.78, 5) is 0.252. The van der Waals surface area contributed by atoms with Crippen molar-refractivity contribution in [3.8, 4) is 0 Å². The molecule has 1 aromatic rings. The van der Waals surface area contributed by atoms with Gasteiger partial charge >= 0.3 is 0 Å². The van der Waals surface area contributed by atoms with Crippen LogP contribution in [0, 0.1) is 0 Å². The van der Waals surface area contributed by atoms with Gasteiger partial charge in [-0.25, -0.2) is 13.1 Å². The number of benzene rings is 1. The van der Waals surface area contributed by atoms with Gasteiger partial charge in [-0.15, -0.1) is 0 Å². The van der Waals surface area contributed by atoms with Gasteiger partial charge in [-0.2, -0.15) is 0 Å². The van der Waals surface area contributed by atoms with Gasteiger partial charge in [0.05, 0.1) is 16.5 Å². The number of sulfonamides is 1. The standard InChI is InChI=1S/C14H21BrN2O3S/c1-10-14(2,6-7-20-10)17-21(18,19)13-5-4-11(9-16-3)8-12(13)15/h4-5,8,10,16-17H,6-7,9H2,1-3H3. The molecule has 2 rings (SSSR count). The van der Waals surface area contributed by atoms with Crippen molar-refractivity contribution >= 4 is 26.0 Å². The molecule has 1 aromatic carbocycles. The molecule has 0 aromatic heterocycles. The zero-order valence-corrected chi connectivity index (χ0v) is 14.8. The zero-order chi connectivity index (χ0) is 15.7. The molecular formula is C14H21BrN2O3S. The lowest BCUT2D eigenvalue weighted by Crippen LogP contribution is -2.50. The van der Waals surface area contributed by atoms with Crippen LogP contribution in [0.25, 0.3) is 0 Å². The van der Waals surface area contributed by atoms with E-state index in [9.17, 15) is 8.42 Å². The number of rotatable bonds is 5. The molecule has 1 saturated heterocycles. The monoisotopic (exact) mass is 376 g/mol. The minimum absolute atomic E-state index is 0.144. The van der Waals surface area contributed by atoms with E-state index in [1.807, 2.05) is 33.0 Å². The predicted octanol–water partition coefficient (Wildman–Crippen LogP) is 2.01. The van der Waals surface area contributed by atoms with Crippen molar-refractivity contribution in [2.45, 2.75) is 43.4 Å². The summed E-state index contributed by atoms with van der Waals surface area (Å²) in [6.07, 6.45) is 0.526. The average Bonchev–Trinajstić information content (AvgIpc) is 2.68. The molecule has 2 atom stereocenters. The van der Waals surface area contributed by atoms with E-state index >= 15 is 0 Å². The SMILES string of the molecule is CNCc1ccc(S(=O)(=O)NC2(C)CCOC2C)c(Br)c1. The lowest BCUT2D eigenvalue weighted by Gasteiger charge is -2.28. The van der Waals surface area contributed by atoms with Crippen LogP contribution in [-0.2, 0) is 21.3 Å². The lowest BCUT2D eigenvalue weighted by molar-refractivity contribution is 0.0957. The van der Waals surface area contributed by atoms with Gasteiger partial charge in [-0.1, -0.05) is 6.07 Å². The maximum Gasteiger partial charge on any atom is 0.242 e. The van der Waals surface area contributed by atoms with E-state index in [0.29, 0.717) is 24.0 Å². The highest BCUT2D eigenvalue weighted by Gasteiger charge is 2.40. The third-order valence-corrected chi connectivity index (χ3v) is 6.51. The first kappa shape index (κ1) is 16.9. The molecule has 0 radical (unpaired) electrons. The summed E-state index contributed by atoms with van der Waals surface area (Å²) in [5.41, 5.74) is 0.453. The van der Waals surface area contributed by atoms with Crippen LogP contribution in [0.2, 0.25) is 0 Å². The van der Waals surface area contributed by atoms with Crippen molar-refractivity contribution in [3.05, 3.63) is 28.2 Å². The summed E-state index contributed by atoms with van der Waals surface area (Å²) in [5, 5.41) is 3.04. The summed E-state index contributed by atoms with van der Waals surface area (Å²) in [7, 11) is -1.75. The second-order valence-corrected chi connectivity index (χ2v) is 8.09. The minimum atomic E-state index is -3.59. The Morgan fingerprint density at radius 2 is 2.19 bits per heavy atom.